The van der Waals surface area contributed by atoms with Crippen molar-refractivity contribution in [1.82, 2.24) is 13.5 Å². The summed E-state index contributed by atoms with van der Waals surface area (Å²) >= 11 is 0. The van der Waals surface area contributed by atoms with E-state index in [2.05, 4.69) is 0 Å². The normalized spacial score (nSPS) is 23.9. The summed E-state index contributed by atoms with van der Waals surface area (Å²) in [5.74, 6) is 0.939. The van der Waals surface area contributed by atoms with Gasteiger partial charge in [-0.2, -0.15) is 17.0 Å². The second-order valence-electron chi connectivity index (χ2n) is 7.53. The number of piperazine rings is 1. The third kappa shape index (κ3) is 5.42. The molecule has 9 nitrogen and oxygen atoms in total. The summed E-state index contributed by atoms with van der Waals surface area (Å²) in [7, 11) is -3.57. The van der Waals surface area contributed by atoms with Crippen LogP contribution in [-0.2, 0) is 19.7 Å². The van der Waals surface area contributed by atoms with Gasteiger partial charge in [-0.3, -0.25) is 4.79 Å². The van der Waals surface area contributed by atoms with Crippen molar-refractivity contribution in [3.05, 3.63) is 24.3 Å². The Hall–Kier alpha value is -1.88. The Morgan fingerprint density at radius 1 is 1.00 bits per heavy atom. The van der Waals surface area contributed by atoms with Crippen LogP contribution in [0.15, 0.2) is 24.3 Å². The minimum absolute atomic E-state index is 0.116. The van der Waals surface area contributed by atoms with Crippen molar-refractivity contribution in [3.63, 3.8) is 0 Å². The monoisotopic (exact) mass is 441 g/mol. The highest BCUT2D eigenvalue weighted by Crippen LogP contribution is 2.26. The van der Waals surface area contributed by atoms with Crippen molar-refractivity contribution >= 4 is 16.1 Å². The largest absolute Gasteiger partial charge is 0.490 e. The Morgan fingerprint density at radius 2 is 1.57 bits per heavy atom. The van der Waals surface area contributed by atoms with Crippen molar-refractivity contribution in [2.45, 2.75) is 33.0 Å². The average Bonchev–Trinajstić information content (AvgIpc) is 2.72. The van der Waals surface area contributed by atoms with Gasteiger partial charge in [-0.05, 0) is 32.9 Å². The van der Waals surface area contributed by atoms with Gasteiger partial charge in [0.1, 0.15) is 0 Å². The number of carbonyl (C=O) groups excluding carboxylic acids is 1. The molecule has 3 rings (SSSR count). The third-order valence-corrected chi connectivity index (χ3v) is 7.10. The lowest BCUT2D eigenvalue weighted by atomic mass is 10.3. The zero-order chi connectivity index (χ0) is 21.7. The van der Waals surface area contributed by atoms with Gasteiger partial charge < -0.3 is 19.1 Å². The van der Waals surface area contributed by atoms with Crippen LogP contribution < -0.4 is 9.47 Å². The van der Waals surface area contributed by atoms with Crippen LogP contribution in [0.4, 0.5) is 0 Å². The summed E-state index contributed by atoms with van der Waals surface area (Å²) in [6.07, 6.45) is -0.272. The van der Waals surface area contributed by atoms with Gasteiger partial charge in [0.05, 0.1) is 18.8 Å². The maximum Gasteiger partial charge on any atom is 0.282 e. The molecule has 0 spiro atoms. The van der Waals surface area contributed by atoms with E-state index in [1.54, 1.807) is 17.0 Å². The highest BCUT2D eigenvalue weighted by Gasteiger charge is 2.37. The zero-order valence-corrected chi connectivity index (χ0v) is 18.6. The molecule has 0 saturated carbocycles. The second kappa shape index (κ2) is 9.95. The molecule has 0 radical (unpaired) electrons. The van der Waals surface area contributed by atoms with Crippen LogP contribution in [0.2, 0.25) is 0 Å². The molecule has 2 heterocycles. The number of carbonyl (C=O) groups is 1. The molecule has 2 aliphatic heterocycles. The van der Waals surface area contributed by atoms with Gasteiger partial charge in [-0.25, -0.2) is 0 Å². The number of amides is 1. The summed E-state index contributed by atoms with van der Waals surface area (Å²) in [6.45, 7) is 7.92. The Kier molecular flexibility index (Phi) is 7.56. The van der Waals surface area contributed by atoms with Gasteiger partial charge in [-0.1, -0.05) is 12.1 Å². The molecule has 1 aromatic carbocycles. The van der Waals surface area contributed by atoms with E-state index in [1.807, 2.05) is 32.9 Å². The lowest BCUT2D eigenvalue weighted by Gasteiger charge is -2.40. The highest BCUT2D eigenvalue weighted by molar-refractivity contribution is 7.86. The van der Waals surface area contributed by atoms with E-state index in [4.69, 9.17) is 14.2 Å². The fourth-order valence-electron chi connectivity index (χ4n) is 3.73. The first-order chi connectivity index (χ1) is 14.3. The predicted molar refractivity (Wildman–Crippen MR) is 112 cm³/mol. The summed E-state index contributed by atoms with van der Waals surface area (Å²) in [5.41, 5.74) is 0. The lowest BCUT2D eigenvalue weighted by Crippen LogP contribution is -2.58. The minimum atomic E-state index is -3.57. The number of ether oxygens (including phenoxy) is 3. The number of para-hydroxylation sites is 2. The van der Waals surface area contributed by atoms with Gasteiger partial charge in [-0.15, -0.1) is 0 Å². The maximum atomic E-state index is 13.0. The smallest absolute Gasteiger partial charge is 0.282 e. The van der Waals surface area contributed by atoms with Gasteiger partial charge in [0.2, 0.25) is 0 Å². The fourth-order valence-corrected chi connectivity index (χ4v) is 5.47. The Balaban J connectivity index is 1.52. The van der Waals surface area contributed by atoms with E-state index in [0.29, 0.717) is 44.3 Å². The van der Waals surface area contributed by atoms with Crippen LogP contribution in [0.1, 0.15) is 20.8 Å². The van der Waals surface area contributed by atoms with E-state index >= 15 is 0 Å². The minimum Gasteiger partial charge on any atom is -0.490 e. The Bertz CT molecular complexity index is 816. The van der Waals surface area contributed by atoms with Crippen LogP contribution >= 0.6 is 0 Å². The highest BCUT2D eigenvalue weighted by atomic mass is 32.2. The molecule has 2 aliphatic rings. The standard InChI is InChI=1S/C20H31N3O6S/c1-4-27-18-7-5-6-8-19(18)28-15-20(24)21-9-11-22(12-10-21)30(25,26)23-13-16(2)29-17(3)14-23/h5-8,16-17H,4,9-15H2,1-3H3. The number of nitrogens with zero attached hydrogens (tertiary/aromatic N) is 3. The molecule has 168 valence electrons. The number of morpholine rings is 1. The average molecular weight is 442 g/mol. The van der Waals surface area contributed by atoms with Crippen LogP contribution in [-0.4, -0.2) is 92.5 Å². The van der Waals surface area contributed by atoms with Crippen molar-refractivity contribution in [2.75, 3.05) is 52.5 Å². The maximum absolute atomic E-state index is 13.0. The SMILES string of the molecule is CCOc1ccccc1OCC(=O)N1CCN(S(=O)(=O)N2CC(C)OC(C)C2)CC1. The molecule has 0 aliphatic carbocycles. The lowest BCUT2D eigenvalue weighted by molar-refractivity contribution is -0.134. The van der Waals surface area contributed by atoms with E-state index in [1.165, 1.54) is 8.61 Å². The number of rotatable bonds is 7. The van der Waals surface area contributed by atoms with Gasteiger partial charge in [0.25, 0.3) is 16.1 Å². The van der Waals surface area contributed by atoms with Crippen LogP contribution in [0, 0.1) is 0 Å². The molecular formula is C20H31N3O6S. The van der Waals surface area contributed by atoms with Crippen LogP contribution in [0.3, 0.4) is 0 Å². The van der Waals surface area contributed by atoms with Crippen LogP contribution in [0.25, 0.3) is 0 Å². The van der Waals surface area contributed by atoms with Crippen molar-refractivity contribution in [3.8, 4) is 11.5 Å². The molecule has 2 saturated heterocycles. The Morgan fingerprint density at radius 3 is 2.13 bits per heavy atom. The second-order valence-corrected chi connectivity index (χ2v) is 9.46. The van der Waals surface area contributed by atoms with Gasteiger partial charge in [0, 0.05) is 39.3 Å². The van der Waals surface area contributed by atoms with Crippen molar-refractivity contribution in [2.24, 2.45) is 0 Å². The molecular weight excluding hydrogens is 410 g/mol. The topological polar surface area (TPSA) is 88.6 Å². The predicted octanol–water partition coefficient (Wildman–Crippen LogP) is 0.962. The van der Waals surface area contributed by atoms with E-state index in [0.717, 1.165) is 0 Å². The van der Waals surface area contributed by atoms with Crippen LogP contribution in [0.5, 0.6) is 11.5 Å². The Labute approximate surface area is 178 Å². The molecule has 1 aromatic rings. The van der Waals surface area contributed by atoms with Crippen molar-refractivity contribution < 1.29 is 27.4 Å². The summed E-state index contributed by atoms with van der Waals surface area (Å²) in [4.78, 5) is 14.2. The number of hydrogen-bond acceptors (Lipinski definition) is 6. The number of benzene rings is 1. The first-order valence-corrected chi connectivity index (χ1v) is 11.7. The third-order valence-electron chi connectivity index (χ3n) is 5.13. The quantitative estimate of drug-likeness (QED) is 0.626. The number of hydrogen-bond donors (Lipinski definition) is 0. The molecule has 0 bridgehead atoms. The summed E-state index contributed by atoms with van der Waals surface area (Å²) < 4.78 is 45.7. The zero-order valence-electron chi connectivity index (χ0n) is 17.8. The first kappa shape index (κ1) is 22.8. The molecule has 2 fully saturated rings. The molecule has 1 amide bonds. The van der Waals surface area contributed by atoms with Gasteiger partial charge >= 0.3 is 0 Å². The molecule has 2 unspecified atom stereocenters. The molecule has 30 heavy (non-hydrogen) atoms. The van der Waals surface area contributed by atoms with E-state index in [-0.39, 0.29) is 37.8 Å². The van der Waals surface area contributed by atoms with E-state index in [9.17, 15) is 13.2 Å². The first-order valence-electron chi connectivity index (χ1n) is 10.3. The van der Waals surface area contributed by atoms with E-state index < -0.39 is 10.2 Å². The van der Waals surface area contributed by atoms with Gasteiger partial charge in [0.15, 0.2) is 18.1 Å². The summed E-state index contributed by atoms with van der Waals surface area (Å²) in [5, 5.41) is 0. The fraction of sp³-hybridized carbons (Fsp3) is 0.650. The summed E-state index contributed by atoms with van der Waals surface area (Å²) in [6, 6.07) is 7.21. The molecule has 10 heteroatoms. The van der Waals surface area contributed by atoms with Crippen molar-refractivity contribution in [1.29, 1.82) is 0 Å². The molecule has 0 N–H and O–H groups in total. The molecule has 0 aromatic heterocycles. The molecule has 2 atom stereocenters.